The Morgan fingerprint density at radius 2 is 2.35 bits per heavy atom. The van der Waals surface area contributed by atoms with Crippen LogP contribution in [0.1, 0.15) is 37.9 Å². The number of rotatable bonds is 7. The summed E-state index contributed by atoms with van der Waals surface area (Å²) in [6.45, 7) is 5.84. The molecule has 1 atom stereocenters. The molecule has 0 spiro atoms. The van der Waals surface area contributed by atoms with Crippen LogP contribution in [0.25, 0.3) is 0 Å². The molecule has 0 bridgehead atoms. The van der Waals surface area contributed by atoms with Crippen LogP contribution in [0, 0.1) is 12.8 Å². The lowest BCUT2D eigenvalue weighted by atomic mass is 10.1. The van der Waals surface area contributed by atoms with Crippen LogP contribution in [0.4, 0.5) is 5.95 Å². The van der Waals surface area contributed by atoms with Gasteiger partial charge in [0.2, 0.25) is 5.95 Å². The van der Waals surface area contributed by atoms with E-state index in [4.69, 9.17) is 4.74 Å². The molecule has 4 nitrogen and oxygen atoms in total. The van der Waals surface area contributed by atoms with Gasteiger partial charge in [-0.25, -0.2) is 4.98 Å². The minimum atomic E-state index is 0.536. The second-order valence-corrected chi connectivity index (χ2v) is 5.06. The van der Waals surface area contributed by atoms with Gasteiger partial charge in [0, 0.05) is 25.9 Å². The summed E-state index contributed by atoms with van der Waals surface area (Å²) in [5, 5.41) is 3.34. The number of imidazole rings is 1. The fourth-order valence-electron chi connectivity index (χ4n) is 2.20. The average molecular weight is 237 g/mol. The molecule has 1 aromatic rings. The second-order valence-electron chi connectivity index (χ2n) is 5.06. The summed E-state index contributed by atoms with van der Waals surface area (Å²) in [5.41, 5.74) is 1.08. The molecule has 1 aliphatic carbocycles. The largest absolute Gasteiger partial charge is 0.383 e. The summed E-state index contributed by atoms with van der Waals surface area (Å²) in [4.78, 5) is 4.53. The maximum absolute atomic E-state index is 5.05. The fourth-order valence-corrected chi connectivity index (χ4v) is 2.20. The molecule has 1 aromatic heterocycles. The Hall–Kier alpha value is -1.03. The van der Waals surface area contributed by atoms with Crippen molar-refractivity contribution in [3.63, 3.8) is 0 Å². The normalized spacial score (nSPS) is 17.1. The van der Waals surface area contributed by atoms with Gasteiger partial charge in [-0.2, -0.15) is 0 Å². The zero-order valence-electron chi connectivity index (χ0n) is 11.1. The molecule has 0 saturated heterocycles. The number of hydrogen-bond acceptors (Lipinski definition) is 3. The maximum atomic E-state index is 5.05. The summed E-state index contributed by atoms with van der Waals surface area (Å²) in [7, 11) is 1.72. The molecule has 1 fully saturated rings. The van der Waals surface area contributed by atoms with Gasteiger partial charge in [0.1, 0.15) is 0 Å². The lowest BCUT2D eigenvalue weighted by Crippen LogP contribution is -2.14. The van der Waals surface area contributed by atoms with Crippen molar-refractivity contribution in [3.05, 3.63) is 11.9 Å². The summed E-state index contributed by atoms with van der Waals surface area (Å²) >= 11 is 0. The highest BCUT2D eigenvalue weighted by atomic mass is 16.5. The summed E-state index contributed by atoms with van der Waals surface area (Å²) < 4.78 is 7.31. The van der Waals surface area contributed by atoms with Crippen LogP contribution in [0.15, 0.2) is 6.20 Å². The van der Waals surface area contributed by atoms with Gasteiger partial charge in [0.25, 0.3) is 0 Å². The van der Waals surface area contributed by atoms with Gasteiger partial charge >= 0.3 is 0 Å². The van der Waals surface area contributed by atoms with Gasteiger partial charge in [-0.3, -0.25) is 0 Å². The van der Waals surface area contributed by atoms with Crippen molar-refractivity contribution in [1.82, 2.24) is 9.55 Å². The van der Waals surface area contributed by atoms with Gasteiger partial charge < -0.3 is 14.6 Å². The lowest BCUT2D eigenvalue weighted by molar-refractivity contribution is 0.210. The SMILES string of the molecule is COCCNc1nc(C)cn1C(C)CC1CC1. The molecular formula is C13H23N3O. The van der Waals surface area contributed by atoms with E-state index in [-0.39, 0.29) is 0 Å². The number of aryl methyl sites for hydroxylation is 1. The van der Waals surface area contributed by atoms with Crippen LogP contribution in [0.2, 0.25) is 0 Å². The minimum absolute atomic E-state index is 0.536. The Morgan fingerprint density at radius 3 is 3.00 bits per heavy atom. The summed E-state index contributed by atoms with van der Waals surface area (Å²) in [5.74, 6) is 1.92. The molecule has 1 N–H and O–H groups in total. The first kappa shape index (κ1) is 12.4. The van der Waals surface area contributed by atoms with Gasteiger partial charge in [-0.15, -0.1) is 0 Å². The number of ether oxygens (including phenoxy) is 1. The predicted octanol–water partition coefficient (Wildman–Crippen LogP) is 2.61. The van der Waals surface area contributed by atoms with Crippen LogP contribution in [0.5, 0.6) is 0 Å². The molecular weight excluding hydrogens is 214 g/mol. The number of nitrogens with zero attached hydrogens (tertiary/aromatic N) is 2. The Kier molecular flexibility index (Phi) is 4.05. The Morgan fingerprint density at radius 1 is 1.59 bits per heavy atom. The second kappa shape index (κ2) is 5.54. The van der Waals surface area contributed by atoms with E-state index in [1.807, 2.05) is 6.92 Å². The molecule has 0 amide bonds. The Bertz CT molecular complexity index is 358. The van der Waals surface area contributed by atoms with E-state index < -0.39 is 0 Å². The van der Waals surface area contributed by atoms with Crippen LogP contribution in [-0.4, -0.2) is 29.8 Å². The molecule has 1 saturated carbocycles. The van der Waals surface area contributed by atoms with E-state index in [2.05, 4.69) is 28.0 Å². The van der Waals surface area contributed by atoms with E-state index in [1.54, 1.807) is 7.11 Å². The van der Waals surface area contributed by atoms with Gasteiger partial charge in [-0.1, -0.05) is 12.8 Å². The lowest BCUT2D eigenvalue weighted by Gasteiger charge is -2.16. The first-order valence-corrected chi connectivity index (χ1v) is 6.49. The van der Waals surface area contributed by atoms with Crippen LogP contribution in [0.3, 0.4) is 0 Å². The van der Waals surface area contributed by atoms with E-state index >= 15 is 0 Å². The van der Waals surface area contributed by atoms with Crippen LogP contribution >= 0.6 is 0 Å². The number of aromatic nitrogens is 2. The third kappa shape index (κ3) is 3.46. The monoisotopic (exact) mass is 237 g/mol. The molecule has 1 unspecified atom stereocenters. The van der Waals surface area contributed by atoms with Crippen molar-refractivity contribution < 1.29 is 4.74 Å². The minimum Gasteiger partial charge on any atom is -0.383 e. The standard InChI is InChI=1S/C13H23N3O/c1-10-9-16(11(2)8-12-4-5-12)13(15-10)14-6-7-17-3/h9,11-12H,4-8H2,1-3H3,(H,14,15). The number of hydrogen-bond donors (Lipinski definition) is 1. The molecule has 0 radical (unpaired) electrons. The third-order valence-electron chi connectivity index (χ3n) is 3.29. The molecule has 4 heteroatoms. The molecule has 17 heavy (non-hydrogen) atoms. The number of methoxy groups -OCH3 is 1. The Balaban J connectivity index is 1.97. The number of anilines is 1. The zero-order chi connectivity index (χ0) is 12.3. The molecule has 1 heterocycles. The zero-order valence-corrected chi connectivity index (χ0v) is 11.1. The molecule has 1 aliphatic rings. The first-order valence-electron chi connectivity index (χ1n) is 6.49. The fraction of sp³-hybridized carbons (Fsp3) is 0.769. The molecule has 96 valence electrons. The van der Waals surface area contributed by atoms with E-state index in [0.717, 1.165) is 24.1 Å². The summed E-state index contributed by atoms with van der Waals surface area (Å²) in [6, 6.07) is 0.536. The molecule has 0 aliphatic heterocycles. The average Bonchev–Trinajstić information content (AvgIpc) is 3.01. The van der Waals surface area contributed by atoms with Crippen molar-refractivity contribution in [1.29, 1.82) is 0 Å². The van der Waals surface area contributed by atoms with Crippen LogP contribution < -0.4 is 5.32 Å². The molecule has 2 rings (SSSR count). The van der Waals surface area contributed by atoms with E-state index in [0.29, 0.717) is 12.6 Å². The van der Waals surface area contributed by atoms with E-state index in [9.17, 15) is 0 Å². The van der Waals surface area contributed by atoms with Crippen molar-refractivity contribution >= 4 is 5.95 Å². The van der Waals surface area contributed by atoms with Gasteiger partial charge in [0.15, 0.2) is 0 Å². The van der Waals surface area contributed by atoms with E-state index in [1.165, 1.54) is 19.3 Å². The predicted molar refractivity (Wildman–Crippen MR) is 69.4 cm³/mol. The highest BCUT2D eigenvalue weighted by Crippen LogP contribution is 2.37. The number of nitrogens with one attached hydrogen (secondary N) is 1. The van der Waals surface area contributed by atoms with Crippen LogP contribution in [-0.2, 0) is 4.74 Å². The smallest absolute Gasteiger partial charge is 0.203 e. The van der Waals surface area contributed by atoms with Crippen molar-refractivity contribution in [2.45, 2.75) is 39.2 Å². The quantitative estimate of drug-likeness (QED) is 0.741. The topological polar surface area (TPSA) is 39.1 Å². The molecule has 0 aromatic carbocycles. The highest BCUT2D eigenvalue weighted by Gasteiger charge is 2.25. The van der Waals surface area contributed by atoms with Gasteiger partial charge in [-0.05, 0) is 26.2 Å². The van der Waals surface area contributed by atoms with Crippen molar-refractivity contribution in [2.24, 2.45) is 5.92 Å². The summed E-state index contributed by atoms with van der Waals surface area (Å²) in [6.07, 6.45) is 6.23. The van der Waals surface area contributed by atoms with Crippen molar-refractivity contribution in [3.8, 4) is 0 Å². The van der Waals surface area contributed by atoms with Gasteiger partial charge in [0.05, 0.1) is 12.3 Å². The highest BCUT2D eigenvalue weighted by molar-refractivity contribution is 5.29. The first-order chi connectivity index (χ1) is 8.20. The van der Waals surface area contributed by atoms with Crippen molar-refractivity contribution in [2.75, 3.05) is 25.6 Å². The third-order valence-corrected chi connectivity index (χ3v) is 3.29. The maximum Gasteiger partial charge on any atom is 0.203 e. The Labute approximate surface area is 103 Å².